The number of hydrogen-bond acceptors (Lipinski definition) is 6. The maximum absolute atomic E-state index is 12.2. The van der Waals surface area contributed by atoms with E-state index in [1.54, 1.807) is 0 Å². The standard InChI is InChI=1S/C21H22Cl2N4O6/c22-18-8-6-14(26(30)31)12-16(18)20(28)24-10-4-2-1-3-5-11-25-21(29)17-13-15(27(32)33)7-9-19(17)23/h6-9,12-13H,1-5,10-11H2,(H,24,28)(H,25,29). The Kier molecular flexibility index (Phi) is 10.0. The average molecular weight is 497 g/mol. The summed E-state index contributed by atoms with van der Waals surface area (Å²) in [6.45, 7) is 0.805. The first-order valence-electron chi connectivity index (χ1n) is 10.1. The summed E-state index contributed by atoms with van der Waals surface area (Å²) in [7, 11) is 0. The van der Waals surface area contributed by atoms with Gasteiger partial charge in [-0.2, -0.15) is 0 Å². The predicted molar refractivity (Wildman–Crippen MR) is 124 cm³/mol. The zero-order chi connectivity index (χ0) is 24.4. The summed E-state index contributed by atoms with van der Waals surface area (Å²) >= 11 is 11.9. The van der Waals surface area contributed by atoms with E-state index in [0.29, 0.717) is 25.9 Å². The molecule has 10 nitrogen and oxygen atoms in total. The van der Waals surface area contributed by atoms with E-state index in [9.17, 15) is 29.8 Å². The molecular formula is C21H22Cl2N4O6. The SMILES string of the molecule is O=C(NCCCCCCCNC(=O)c1cc([N+](=O)[O-])ccc1Cl)c1cc([N+](=O)[O-])ccc1Cl. The molecule has 0 aliphatic heterocycles. The summed E-state index contributed by atoms with van der Waals surface area (Å²) < 4.78 is 0. The Labute approximate surface area is 199 Å². The van der Waals surface area contributed by atoms with Crippen molar-refractivity contribution in [3.8, 4) is 0 Å². The van der Waals surface area contributed by atoms with Crippen molar-refractivity contribution in [3.63, 3.8) is 0 Å². The molecule has 2 amide bonds. The fourth-order valence-corrected chi connectivity index (χ4v) is 3.38. The Morgan fingerprint density at radius 1 is 0.697 bits per heavy atom. The van der Waals surface area contributed by atoms with Crippen molar-refractivity contribution in [1.82, 2.24) is 10.6 Å². The van der Waals surface area contributed by atoms with E-state index >= 15 is 0 Å². The lowest BCUT2D eigenvalue weighted by Crippen LogP contribution is -2.25. The van der Waals surface area contributed by atoms with Crippen molar-refractivity contribution in [2.45, 2.75) is 32.1 Å². The minimum atomic E-state index is -0.589. The zero-order valence-electron chi connectivity index (χ0n) is 17.5. The average Bonchev–Trinajstić information content (AvgIpc) is 2.77. The Morgan fingerprint density at radius 3 is 1.42 bits per heavy atom. The van der Waals surface area contributed by atoms with Crippen LogP contribution in [0.15, 0.2) is 36.4 Å². The van der Waals surface area contributed by atoms with Crippen molar-refractivity contribution in [2.75, 3.05) is 13.1 Å². The number of rotatable bonds is 12. The molecule has 0 unspecified atom stereocenters. The first-order valence-corrected chi connectivity index (χ1v) is 10.9. The van der Waals surface area contributed by atoms with E-state index in [-0.39, 0.29) is 32.5 Å². The van der Waals surface area contributed by atoms with E-state index in [2.05, 4.69) is 10.6 Å². The van der Waals surface area contributed by atoms with Crippen molar-refractivity contribution in [3.05, 3.63) is 77.8 Å². The van der Waals surface area contributed by atoms with Gasteiger partial charge in [-0.05, 0) is 25.0 Å². The molecule has 0 atom stereocenters. The minimum absolute atomic E-state index is 0.0606. The van der Waals surface area contributed by atoms with Crippen LogP contribution in [0.1, 0.15) is 52.8 Å². The second kappa shape index (κ2) is 12.7. The van der Waals surface area contributed by atoms with Gasteiger partial charge in [-0.25, -0.2) is 0 Å². The molecule has 0 aromatic heterocycles. The smallest absolute Gasteiger partial charge is 0.270 e. The van der Waals surface area contributed by atoms with Crippen LogP contribution in [0.4, 0.5) is 11.4 Å². The van der Waals surface area contributed by atoms with Gasteiger partial charge < -0.3 is 10.6 Å². The highest BCUT2D eigenvalue weighted by atomic mass is 35.5. The molecule has 12 heteroatoms. The first-order chi connectivity index (χ1) is 15.7. The molecule has 2 aromatic rings. The van der Waals surface area contributed by atoms with Gasteiger partial charge in [0.1, 0.15) is 0 Å². The maximum atomic E-state index is 12.2. The zero-order valence-corrected chi connectivity index (χ0v) is 19.0. The number of unbranched alkanes of at least 4 members (excludes halogenated alkanes) is 4. The van der Waals surface area contributed by atoms with E-state index < -0.39 is 21.7 Å². The van der Waals surface area contributed by atoms with Crippen LogP contribution in [-0.4, -0.2) is 34.8 Å². The largest absolute Gasteiger partial charge is 0.352 e. The molecular weight excluding hydrogens is 475 g/mol. The summed E-state index contributed by atoms with van der Waals surface area (Å²) in [5.74, 6) is -0.933. The summed E-state index contributed by atoms with van der Waals surface area (Å²) in [5.41, 5.74) is -0.287. The highest BCUT2D eigenvalue weighted by molar-refractivity contribution is 6.34. The van der Waals surface area contributed by atoms with Crippen LogP contribution in [0.25, 0.3) is 0 Å². The number of nitrogens with zero attached hydrogens (tertiary/aromatic N) is 2. The van der Waals surface area contributed by atoms with Crippen LogP contribution in [0, 0.1) is 20.2 Å². The Balaban J connectivity index is 1.62. The second-order valence-corrected chi connectivity index (χ2v) is 7.94. The van der Waals surface area contributed by atoms with Gasteiger partial charge in [0.15, 0.2) is 0 Å². The lowest BCUT2D eigenvalue weighted by molar-refractivity contribution is -0.385. The molecule has 0 saturated heterocycles. The third-order valence-corrected chi connectivity index (χ3v) is 5.39. The Morgan fingerprint density at radius 2 is 1.06 bits per heavy atom. The van der Waals surface area contributed by atoms with Crippen LogP contribution in [0.2, 0.25) is 10.0 Å². The van der Waals surface area contributed by atoms with Gasteiger partial charge in [-0.15, -0.1) is 0 Å². The molecule has 0 aliphatic carbocycles. The molecule has 0 saturated carbocycles. The van der Waals surface area contributed by atoms with Crippen LogP contribution in [0.5, 0.6) is 0 Å². The van der Waals surface area contributed by atoms with Crippen molar-refractivity contribution in [2.24, 2.45) is 0 Å². The Bertz CT molecular complexity index is 966. The number of carbonyl (C=O) groups excluding carboxylic acids is 2. The number of nitro benzene ring substituents is 2. The topological polar surface area (TPSA) is 144 Å². The Hall–Kier alpha value is -3.24. The predicted octanol–water partition coefficient (Wildman–Crippen LogP) is 4.92. The molecule has 0 heterocycles. The van der Waals surface area contributed by atoms with Crippen LogP contribution < -0.4 is 10.6 Å². The van der Waals surface area contributed by atoms with Gasteiger partial charge in [-0.3, -0.25) is 29.8 Å². The van der Waals surface area contributed by atoms with E-state index in [1.807, 2.05) is 0 Å². The molecule has 33 heavy (non-hydrogen) atoms. The number of halogens is 2. The van der Waals surface area contributed by atoms with Crippen molar-refractivity contribution in [1.29, 1.82) is 0 Å². The van der Waals surface area contributed by atoms with E-state index in [0.717, 1.165) is 31.4 Å². The number of non-ortho nitro benzene ring substituents is 2. The molecule has 0 aliphatic rings. The summed E-state index contributed by atoms with van der Waals surface area (Å²) in [5, 5.41) is 27.3. The first kappa shape index (κ1) is 26.0. The number of nitro groups is 2. The van der Waals surface area contributed by atoms with Gasteiger partial charge in [0.25, 0.3) is 23.2 Å². The van der Waals surface area contributed by atoms with Crippen molar-refractivity contribution >= 4 is 46.4 Å². The van der Waals surface area contributed by atoms with Gasteiger partial charge in [-0.1, -0.05) is 42.5 Å². The van der Waals surface area contributed by atoms with Crippen molar-refractivity contribution < 1.29 is 19.4 Å². The summed E-state index contributed by atoms with van der Waals surface area (Å²) in [6, 6.07) is 7.40. The third-order valence-electron chi connectivity index (χ3n) is 4.74. The molecule has 2 N–H and O–H groups in total. The number of amides is 2. The number of nitrogens with one attached hydrogen (secondary N) is 2. The number of hydrogen-bond donors (Lipinski definition) is 2. The molecule has 2 aromatic carbocycles. The van der Waals surface area contributed by atoms with E-state index in [4.69, 9.17) is 23.2 Å². The lowest BCUT2D eigenvalue weighted by Gasteiger charge is -2.08. The second-order valence-electron chi connectivity index (χ2n) is 7.12. The monoisotopic (exact) mass is 496 g/mol. The van der Waals surface area contributed by atoms with Gasteiger partial charge in [0.2, 0.25) is 0 Å². The maximum Gasteiger partial charge on any atom is 0.270 e. The van der Waals surface area contributed by atoms with Gasteiger partial charge in [0.05, 0.1) is 31.0 Å². The molecule has 0 spiro atoms. The fourth-order valence-electron chi connectivity index (χ4n) is 2.98. The highest BCUT2D eigenvalue weighted by Gasteiger charge is 2.16. The van der Waals surface area contributed by atoms with Crippen LogP contribution >= 0.6 is 23.2 Å². The van der Waals surface area contributed by atoms with Crippen LogP contribution in [0.3, 0.4) is 0 Å². The molecule has 0 fully saturated rings. The normalized spacial score (nSPS) is 10.5. The molecule has 0 bridgehead atoms. The number of carbonyl (C=O) groups is 2. The van der Waals surface area contributed by atoms with E-state index in [1.165, 1.54) is 24.3 Å². The minimum Gasteiger partial charge on any atom is -0.352 e. The molecule has 0 radical (unpaired) electrons. The summed E-state index contributed by atoms with van der Waals surface area (Å²) in [4.78, 5) is 44.8. The summed E-state index contributed by atoms with van der Waals surface area (Å²) in [6.07, 6.45) is 3.99. The molecule has 2 rings (SSSR count). The third kappa shape index (κ3) is 7.99. The van der Waals surface area contributed by atoms with Gasteiger partial charge >= 0.3 is 0 Å². The quantitative estimate of drug-likeness (QED) is 0.242. The van der Waals surface area contributed by atoms with Gasteiger partial charge in [0, 0.05) is 37.4 Å². The highest BCUT2D eigenvalue weighted by Crippen LogP contribution is 2.23. The van der Waals surface area contributed by atoms with Crippen LogP contribution in [-0.2, 0) is 0 Å². The fraction of sp³-hybridized carbons (Fsp3) is 0.333. The molecule has 176 valence electrons. The lowest BCUT2D eigenvalue weighted by atomic mass is 10.1. The number of benzene rings is 2.